The van der Waals surface area contributed by atoms with Crippen LogP contribution < -0.4 is 10.6 Å². The minimum Gasteiger partial charge on any atom is -0.333 e. The van der Waals surface area contributed by atoms with Gasteiger partial charge < -0.3 is 20.6 Å². The summed E-state index contributed by atoms with van der Waals surface area (Å²) in [4.78, 5) is 40.2. The Morgan fingerprint density at radius 3 is 1.44 bits per heavy atom. The first-order valence-electron chi connectivity index (χ1n) is 13.2. The lowest BCUT2D eigenvalue weighted by Crippen LogP contribution is -2.14. The number of thioether (sulfide) groups is 2. The van der Waals surface area contributed by atoms with Gasteiger partial charge in [-0.25, -0.2) is 18.4 Å². The largest absolute Gasteiger partial charge is 0.333 e. The molecule has 15 heteroatoms. The first kappa shape index (κ1) is 31.0. The van der Waals surface area contributed by atoms with E-state index in [1.165, 1.54) is 72.1 Å². The fourth-order valence-electron chi connectivity index (χ4n) is 4.29. The number of aromatic nitrogens is 4. The molecular weight excluding hydrogens is 675 g/mol. The summed E-state index contributed by atoms with van der Waals surface area (Å²) in [5.74, 6) is -0.338. The number of benzene rings is 4. The van der Waals surface area contributed by atoms with E-state index in [1.54, 1.807) is 36.4 Å². The highest BCUT2D eigenvalue weighted by Crippen LogP contribution is 2.26. The standard InChI is InChI=1S/C30H22Cl2N6O4S3/c31-17-1-11-23-25(13-17)37-29(35-23)43-15-27(39)33-19-3-7-21(8-4-19)45(41,42)22-9-5-20(6-10-22)34-28(40)16-44-30-36-24-12-2-18(32)14-26(24)38-30/h1-14H,15-16H2,(H,33,39)(H,34,40)(H,35,37)(H,36,38). The summed E-state index contributed by atoms with van der Waals surface area (Å²) in [7, 11) is -3.83. The Kier molecular flexibility index (Phi) is 9.06. The summed E-state index contributed by atoms with van der Waals surface area (Å²) in [5, 5.41) is 7.86. The van der Waals surface area contributed by atoms with E-state index in [1.807, 2.05) is 0 Å². The molecule has 45 heavy (non-hydrogen) atoms. The number of aromatic amines is 2. The number of fused-ring (bicyclic) bond motifs is 2. The Morgan fingerprint density at radius 1 is 0.644 bits per heavy atom. The van der Waals surface area contributed by atoms with E-state index < -0.39 is 9.84 Å². The van der Waals surface area contributed by atoms with Crippen molar-refractivity contribution in [3.05, 3.63) is 95.0 Å². The Hall–Kier alpha value is -4.01. The number of amides is 2. The molecule has 0 aliphatic carbocycles. The number of H-pyrrole nitrogens is 2. The monoisotopic (exact) mass is 696 g/mol. The molecule has 6 rings (SSSR count). The fraction of sp³-hybridized carbons (Fsp3) is 0.0667. The molecule has 4 N–H and O–H groups in total. The van der Waals surface area contributed by atoms with Gasteiger partial charge in [0.25, 0.3) is 0 Å². The first-order chi connectivity index (χ1) is 21.6. The summed E-state index contributed by atoms with van der Waals surface area (Å²) >= 11 is 14.5. The highest BCUT2D eigenvalue weighted by molar-refractivity contribution is 8.00. The molecule has 10 nitrogen and oxygen atoms in total. The van der Waals surface area contributed by atoms with Crippen molar-refractivity contribution in [3.8, 4) is 0 Å². The minimum absolute atomic E-state index is 0.0659. The van der Waals surface area contributed by atoms with Crippen molar-refractivity contribution in [2.24, 2.45) is 0 Å². The maximum Gasteiger partial charge on any atom is 0.234 e. The zero-order valence-electron chi connectivity index (χ0n) is 23.0. The third kappa shape index (κ3) is 7.45. The highest BCUT2D eigenvalue weighted by atomic mass is 35.5. The van der Waals surface area contributed by atoms with Crippen LogP contribution in [0.5, 0.6) is 0 Å². The van der Waals surface area contributed by atoms with Gasteiger partial charge in [0.05, 0.1) is 43.4 Å². The summed E-state index contributed by atoms with van der Waals surface area (Å²) in [5.41, 5.74) is 3.97. The number of carbonyl (C=O) groups excluding carboxylic acids is 2. The van der Waals surface area contributed by atoms with E-state index in [9.17, 15) is 18.0 Å². The van der Waals surface area contributed by atoms with Crippen LogP contribution in [-0.4, -0.2) is 51.7 Å². The average molecular weight is 698 g/mol. The van der Waals surface area contributed by atoms with E-state index in [-0.39, 0.29) is 33.1 Å². The topological polar surface area (TPSA) is 150 Å². The third-order valence-corrected chi connectivity index (χ3v) is 10.4. The van der Waals surface area contributed by atoms with Crippen LogP contribution in [0.4, 0.5) is 11.4 Å². The van der Waals surface area contributed by atoms with E-state index >= 15 is 0 Å². The molecule has 2 amide bonds. The van der Waals surface area contributed by atoms with Crippen molar-refractivity contribution in [3.63, 3.8) is 0 Å². The molecular formula is C30H22Cl2N6O4S3. The van der Waals surface area contributed by atoms with Gasteiger partial charge in [-0.1, -0.05) is 46.7 Å². The molecule has 2 aromatic heterocycles. The number of nitrogens with one attached hydrogen (secondary N) is 4. The fourth-order valence-corrected chi connectivity index (χ4v) is 7.26. The number of imidazole rings is 2. The maximum absolute atomic E-state index is 13.2. The van der Waals surface area contributed by atoms with Crippen LogP contribution in [0.3, 0.4) is 0 Å². The van der Waals surface area contributed by atoms with Crippen molar-refractivity contribution in [2.75, 3.05) is 22.1 Å². The summed E-state index contributed by atoms with van der Waals surface area (Å²) in [6.45, 7) is 0. The van der Waals surface area contributed by atoms with Gasteiger partial charge in [-0.2, -0.15) is 0 Å². The van der Waals surface area contributed by atoms with Crippen molar-refractivity contribution in [2.45, 2.75) is 20.1 Å². The quantitative estimate of drug-likeness (QED) is 0.111. The van der Waals surface area contributed by atoms with Gasteiger partial charge in [-0.3, -0.25) is 9.59 Å². The lowest BCUT2D eigenvalue weighted by Gasteiger charge is -2.09. The zero-order chi connectivity index (χ0) is 31.6. The SMILES string of the molecule is O=C(CSc1nc2ccc(Cl)cc2[nH]1)Nc1ccc(S(=O)(=O)c2ccc(NC(=O)CSc3nc4ccc(Cl)cc4[nH]3)cc2)cc1. The molecule has 0 bridgehead atoms. The smallest absolute Gasteiger partial charge is 0.234 e. The second-order valence-electron chi connectivity index (χ2n) is 9.63. The van der Waals surface area contributed by atoms with Crippen LogP contribution in [0.15, 0.2) is 105 Å². The second kappa shape index (κ2) is 13.2. The number of halogens is 2. The Labute approximate surface area is 275 Å². The van der Waals surface area contributed by atoms with Gasteiger partial charge in [0.2, 0.25) is 21.7 Å². The van der Waals surface area contributed by atoms with Crippen LogP contribution in [0.1, 0.15) is 0 Å². The van der Waals surface area contributed by atoms with Gasteiger partial charge in [-0.05, 0) is 84.9 Å². The number of sulfone groups is 1. The van der Waals surface area contributed by atoms with Gasteiger partial charge in [0, 0.05) is 21.4 Å². The minimum atomic E-state index is -3.83. The third-order valence-electron chi connectivity index (χ3n) is 6.42. The van der Waals surface area contributed by atoms with E-state index in [0.29, 0.717) is 31.7 Å². The van der Waals surface area contributed by atoms with Gasteiger partial charge in [0.15, 0.2) is 10.3 Å². The van der Waals surface area contributed by atoms with Crippen LogP contribution in [0.25, 0.3) is 22.1 Å². The molecule has 0 saturated heterocycles. The molecule has 0 saturated carbocycles. The van der Waals surface area contributed by atoms with Crippen LogP contribution in [-0.2, 0) is 19.4 Å². The molecule has 0 radical (unpaired) electrons. The van der Waals surface area contributed by atoms with Crippen LogP contribution in [0.2, 0.25) is 10.0 Å². The Morgan fingerprint density at radius 2 is 1.04 bits per heavy atom. The molecule has 2 heterocycles. The number of hydrogen-bond donors (Lipinski definition) is 4. The van der Waals surface area contributed by atoms with Crippen molar-refractivity contribution in [1.82, 2.24) is 19.9 Å². The lowest BCUT2D eigenvalue weighted by molar-refractivity contribution is -0.114. The first-order valence-corrected chi connectivity index (χ1v) is 17.4. The molecule has 0 fully saturated rings. The van der Waals surface area contributed by atoms with Crippen molar-refractivity contribution < 1.29 is 18.0 Å². The van der Waals surface area contributed by atoms with Gasteiger partial charge in [-0.15, -0.1) is 0 Å². The summed E-state index contributed by atoms with van der Waals surface area (Å²) < 4.78 is 26.4. The second-order valence-corrected chi connectivity index (χ2v) is 14.4. The molecule has 0 aliphatic heterocycles. The maximum atomic E-state index is 13.2. The van der Waals surface area contributed by atoms with Crippen molar-refractivity contribution in [1.29, 1.82) is 0 Å². The number of carbonyl (C=O) groups is 2. The number of anilines is 2. The highest BCUT2D eigenvalue weighted by Gasteiger charge is 2.18. The number of rotatable bonds is 10. The molecule has 6 aromatic rings. The van der Waals surface area contributed by atoms with Gasteiger partial charge >= 0.3 is 0 Å². The molecule has 0 spiro atoms. The average Bonchev–Trinajstić information content (AvgIpc) is 3.62. The zero-order valence-corrected chi connectivity index (χ0v) is 27.0. The van der Waals surface area contributed by atoms with E-state index in [0.717, 1.165) is 22.1 Å². The molecule has 0 aliphatic rings. The molecule has 0 atom stereocenters. The predicted octanol–water partition coefficient (Wildman–Crippen LogP) is 7.04. The van der Waals surface area contributed by atoms with Gasteiger partial charge in [0.1, 0.15) is 0 Å². The molecule has 4 aromatic carbocycles. The van der Waals surface area contributed by atoms with Crippen LogP contribution >= 0.6 is 46.7 Å². The van der Waals surface area contributed by atoms with E-state index in [4.69, 9.17) is 23.2 Å². The molecule has 0 unspecified atom stereocenters. The van der Waals surface area contributed by atoms with E-state index in [2.05, 4.69) is 30.6 Å². The molecule has 228 valence electrons. The number of hydrogen-bond acceptors (Lipinski definition) is 8. The Bertz CT molecular complexity index is 2000. The van der Waals surface area contributed by atoms with Crippen LogP contribution in [0, 0.1) is 0 Å². The summed E-state index contributed by atoms with van der Waals surface area (Å²) in [6, 6.07) is 22.4. The normalized spacial score (nSPS) is 11.6. The Balaban J connectivity index is 1.01. The van der Waals surface area contributed by atoms with Crippen molar-refractivity contribution >= 4 is 102 Å². The lowest BCUT2D eigenvalue weighted by atomic mass is 10.3. The summed E-state index contributed by atoms with van der Waals surface area (Å²) in [6.07, 6.45) is 0. The number of nitrogens with zero attached hydrogens (tertiary/aromatic N) is 2. The predicted molar refractivity (Wildman–Crippen MR) is 179 cm³/mol.